The molecule has 2 nitrogen and oxygen atoms in total. The smallest absolute Gasteiger partial charge is 0.0279 e. The minimum atomic E-state index is 0.357. The standard InChI is InChI=1S/C19H28N2/c1-3-8-16(9-4-2)19(21-20)14-17-12-7-11-15-10-5-6-13-18(15)17/h5-7,10-13,16,19,21H,3-4,8-9,14,20H2,1-2H3. The van der Waals surface area contributed by atoms with Crippen molar-refractivity contribution in [3.05, 3.63) is 48.0 Å². The van der Waals surface area contributed by atoms with Crippen molar-refractivity contribution < 1.29 is 0 Å². The van der Waals surface area contributed by atoms with Crippen molar-refractivity contribution in [1.82, 2.24) is 5.43 Å². The summed E-state index contributed by atoms with van der Waals surface area (Å²) >= 11 is 0. The molecule has 0 amide bonds. The number of hydrogen-bond donors (Lipinski definition) is 2. The van der Waals surface area contributed by atoms with Gasteiger partial charge in [0.05, 0.1) is 0 Å². The van der Waals surface area contributed by atoms with Gasteiger partial charge in [0, 0.05) is 6.04 Å². The van der Waals surface area contributed by atoms with Crippen molar-refractivity contribution in [2.45, 2.75) is 52.0 Å². The lowest BCUT2D eigenvalue weighted by Crippen LogP contribution is -2.42. The van der Waals surface area contributed by atoms with Gasteiger partial charge in [-0.15, -0.1) is 0 Å². The van der Waals surface area contributed by atoms with Gasteiger partial charge in [0.2, 0.25) is 0 Å². The molecule has 114 valence electrons. The first kappa shape index (κ1) is 16.0. The highest BCUT2D eigenvalue weighted by Gasteiger charge is 2.20. The Morgan fingerprint density at radius 1 is 0.952 bits per heavy atom. The van der Waals surface area contributed by atoms with E-state index in [9.17, 15) is 0 Å². The summed E-state index contributed by atoms with van der Waals surface area (Å²) < 4.78 is 0. The molecule has 0 aromatic heterocycles. The van der Waals surface area contributed by atoms with Crippen LogP contribution in [0.1, 0.15) is 45.1 Å². The third-order valence-electron chi connectivity index (χ3n) is 4.42. The molecule has 1 unspecified atom stereocenters. The molecule has 0 saturated heterocycles. The zero-order valence-electron chi connectivity index (χ0n) is 13.3. The summed E-state index contributed by atoms with van der Waals surface area (Å²) in [6.45, 7) is 4.52. The first-order valence-corrected chi connectivity index (χ1v) is 8.22. The maximum atomic E-state index is 5.88. The number of benzene rings is 2. The van der Waals surface area contributed by atoms with Crippen LogP contribution in [0, 0.1) is 5.92 Å². The molecule has 2 rings (SSSR count). The Hall–Kier alpha value is -1.38. The molecular weight excluding hydrogens is 256 g/mol. The van der Waals surface area contributed by atoms with Gasteiger partial charge in [-0.2, -0.15) is 0 Å². The first-order valence-electron chi connectivity index (χ1n) is 8.22. The Balaban J connectivity index is 2.23. The van der Waals surface area contributed by atoms with Crippen LogP contribution in [-0.2, 0) is 6.42 Å². The lowest BCUT2D eigenvalue weighted by molar-refractivity contribution is 0.312. The van der Waals surface area contributed by atoms with E-state index in [1.54, 1.807) is 0 Å². The molecule has 0 aliphatic rings. The van der Waals surface area contributed by atoms with E-state index in [1.165, 1.54) is 42.0 Å². The molecule has 21 heavy (non-hydrogen) atoms. The van der Waals surface area contributed by atoms with Crippen molar-refractivity contribution in [1.29, 1.82) is 0 Å². The van der Waals surface area contributed by atoms with E-state index in [0.717, 1.165) is 6.42 Å². The van der Waals surface area contributed by atoms with Crippen LogP contribution >= 0.6 is 0 Å². The highest BCUT2D eigenvalue weighted by atomic mass is 15.2. The van der Waals surface area contributed by atoms with Crippen molar-refractivity contribution in [2.75, 3.05) is 0 Å². The third kappa shape index (κ3) is 4.05. The van der Waals surface area contributed by atoms with Crippen LogP contribution in [0.4, 0.5) is 0 Å². The fourth-order valence-corrected chi connectivity index (χ4v) is 3.36. The Morgan fingerprint density at radius 2 is 1.62 bits per heavy atom. The number of nitrogens with one attached hydrogen (secondary N) is 1. The molecule has 2 heteroatoms. The van der Waals surface area contributed by atoms with Crippen molar-refractivity contribution in [2.24, 2.45) is 11.8 Å². The molecule has 2 aromatic carbocycles. The van der Waals surface area contributed by atoms with Crippen LogP contribution in [0.15, 0.2) is 42.5 Å². The molecule has 0 bridgehead atoms. The average Bonchev–Trinajstić information content (AvgIpc) is 2.52. The quantitative estimate of drug-likeness (QED) is 0.556. The van der Waals surface area contributed by atoms with Crippen LogP contribution in [-0.4, -0.2) is 6.04 Å². The predicted octanol–water partition coefficient (Wildman–Crippen LogP) is 4.43. The molecule has 0 fully saturated rings. The highest BCUT2D eigenvalue weighted by Crippen LogP contribution is 2.24. The topological polar surface area (TPSA) is 38.0 Å². The Bertz CT molecular complexity index is 539. The Labute approximate surface area is 128 Å². The number of hydrazine groups is 1. The lowest BCUT2D eigenvalue weighted by atomic mass is 9.86. The molecule has 1 atom stereocenters. The normalized spacial score (nSPS) is 13.0. The number of rotatable bonds is 8. The molecule has 3 N–H and O–H groups in total. The van der Waals surface area contributed by atoms with Crippen LogP contribution in [0.3, 0.4) is 0 Å². The number of hydrogen-bond acceptors (Lipinski definition) is 2. The van der Waals surface area contributed by atoms with E-state index in [0.29, 0.717) is 12.0 Å². The average molecular weight is 284 g/mol. The van der Waals surface area contributed by atoms with Gasteiger partial charge in [0.25, 0.3) is 0 Å². The zero-order chi connectivity index (χ0) is 15.1. The van der Waals surface area contributed by atoms with Crippen LogP contribution < -0.4 is 11.3 Å². The molecule has 0 saturated carbocycles. The van der Waals surface area contributed by atoms with Gasteiger partial charge < -0.3 is 0 Å². The number of nitrogens with two attached hydrogens (primary N) is 1. The van der Waals surface area contributed by atoms with E-state index in [4.69, 9.17) is 5.84 Å². The first-order chi connectivity index (χ1) is 10.3. The summed E-state index contributed by atoms with van der Waals surface area (Å²) in [7, 11) is 0. The summed E-state index contributed by atoms with van der Waals surface area (Å²) in [5.74, 6) is 6.53. The molecule has 0 radical (unpaired) electrons. The van der Waals surface area contributed by atoms with E-state index in [-0.39, 0.29) is 0 Å². The lowest BCUT2D eigenvalue weighted by Gasteiger charge is -2.26. The second kappa shape index (κ2) is 8.16. The maximum absolute atomic E-state index is 5.88. The second-order valence-corrected chi connectivity index (χ2v) is 5.95. The minimum absolute atomic E-state index is 0.357. The summed E-state index contributed by atoms with van der Waals surface area (Å²) in [6, 6.07) is 15.5. The molecule has 0 aliphatic heterocycles. The van der Waals surface area contributed by atoms with Gasteiger partial charge >= 0.3 is 0 Å². The minimum Gasteiger partial charge on any atom is -0.271 e. The summed E-state index contributed by atoms with van der Waals surface area (Å²) in [5, 5.41) is 2.67. The van der Waals surface area contributed by atoms with Crippen LogP contribution in [0.5, 0.6) is 0 Å². The van der Waals surface area contributed by atoms with Crippen molar-refractivity contribution in [3.8, 4) is 0 Å². The van der Waals surface area contributed by atoms with Crippen LogP contribution in [0.25, 0.3) is 10.8 Å². The highest BCUT2D eigenvalue weighted by molar-refractivity contribution is 5.85. The van der Waals surface area contributed by atoms with Gasteiger partial charge in [-0.1, -0.05) is 69.2 Å². The van der Waals surface area contributed by atoms with Gasteiger partial charge in [-0.25, -0.2) is 0 Å². The monoisotopic (exact) mass is 284 g/mol. The number of fused-ring (bicyclic) bond motifs is 1. The van der Waals surface area contributed by atoms with E-state index < -0.39 is 0 Å². The molecule has 0 heterocycles. The van der Waals surface area contributed by atoms with E-state index in [1.807, 2.05) is 0 Å². The fraction of sp³-hybridized carbons (Fsp3) is 0.474. The molecule has 2 aromatic rings. The summed E-state index contributed by atoms with van der Waals surface area (Å²) in [6.07, 6.45) is 5.93. The van der Waals surface area contributed by atoms with Gasteiger partial charge in [-0.05, 0) is 41.5 Å². The van der Waals surface area contributed by atoms with Crippen molar-refractivity contribution >= 4 is 10.8 Å². The van der Waals surface area contributed by atoms with E-state index >= 15 is 0 Å². The van der Waals surface area contributed by atoms with E-state index in [2.05, 4.69) is 61.7 Å². The van der Waals surface area contributed by atoms with Gasteiger partial charge in [-0.3, -0.25) is 11.3 Å². The second-order valence-electron chi connectivity index (χ2n) is 5.95. The van der Waals surface area contributed by atoms with Crippen molar-refractivity contribution in [3.63, 3.8) is 0 Å². The zero-order valence-corrected chi connectivity index (χ0v) is 13.3. The Kier molecular flexibility index (Phi) is 6.21. The van der Waals surface area contributed by atoms with Crippen LogP contribution in [0.2, 0.25) is 0 Å². The van der Waals surface area contributed by atoms with Gasteiger partial charge in [0.15, 0.2) is 0 Å². The maximum Gasteiger partial charge on any atom is 0.0279 e. The predicted molar refractivity (Wildman–Crippen MR) is 92.1 cm³/mol. The summed E-state index contributed by atoms with van der Waals surface area (Å²) in [5.41, 5.74) is 4.48. The third-order valence-corrected chi connectivity index (χ3v) is 4.42. The fourth-order valence-electron chi connectivity index (χ4n) is 3.36. The molecule has 0 aliphatic carbocycles. The molecular formula is C19H28N2. The van der Waals surface area contributed by atoms with Gasteiger partial charge in [0.1, 0.15) is 0 Å². The SMILES string of the molecule is CCCC(CCC)C(Cc1cccc2ccccc12)NN. The largest absolute Gasteiger partial charge is 0.271 e. The summed E-state index contributed by atoms with van der Waals surface area (Å²) in [4.78, 5) is 0. The molecule has 0 spiro atoms. The Morgan fingerprint density at radius 3 is 2.29 bits per heavy atom.